The van der Waals surface area contributed by atoms with Crippen molar-refractivity contribution < 1.29 is 4.74 Å². The average Bonchev–Trinajstić information content (AvgIpc) is 2.71. The van der Waals surface area contributed by atoms with Gasteiger partial charge < -0.3 is 4.74 Å². The Morgan fingerprint density at radius 1 is 0.769 bits per heavy atom. The van der Waals surface area contributed by atoms with Gasteiger partial charge in [0.1, 0.15) is 0 Å². The number of allylic oxidation sites excluding steroid dienone is 1. The smallest absolute Gasteiger partial charge is 0.183 e. The molecule has 2 heteroatoms. The first kappa shape index (κ1) is 18.1. The van der Waals surface area contributed by atoms with E-state index in [9.17, 15) is 0 Å². The average molecular weight is 359 g/mol. The zero-order chi connectivity index (χ0) is 18.2. The molecular formula is C24H22OS. The Bertz CT molecular complexity index is 758. The molecule has 0 atom stereocenters. The van der Waals surface area contributed by atoms with E-state index in [0.29, 0.717) is 11.7 Å². The van der Waals surface area contributed by atoms with Gasteiger partial charge in [0.2, 0.25) is 0 Å². The van der Waals surface area contributed by atoms with Crippen LogP contribution in [0.1, 0.15) is 23.6 Å². The molecule has 0 aromatic heterocycles. The lowest BCUT2D eigenvalue weighted by molar-refractivity contribution is 0.339. The van der Waals surface area contributed by atoms with E-state index in [1.165, 1.54) is 16.7 Å². The maximum atomic E-state index is 5.49. The third-order valence-corrected chi connectivity index (χ3v) is 4.70. The standard InChI is InChI=1S/C24H22OS/c1-2-25-23(26)18-19-24(20-12-6-3-7-13-20,21-14-8-4-9-15-21)22-16-10-5-11-17-22/h3-19H,2H2,1H3/b19-18-. The van der Waals surface area contributed by atoms with E-state index >= 15 is 0 Å². The third-order valence-electron chi connectivity index (χ3n) is 4.44. The molecule has 1 nitrogen and oxygen atoms in total. The molecule has 0 aliphatic carbocycles. The molecular weight excluding hydrogens is 336 g/mol. The highest BCUT2D eigenvalue weighted by Gasteiger charge is 2.33. The van der Waals surface area contributed by atoms with Crippen LogP contribution < -0.4 is 0 Å². The number of ether oxygens (including phenoxy) is 1. The van der Waals surface area contributed by atoms with Crippen LogP contribution in [0.4, 0.5) is 0 Å². The van der Waals surface area contributed by atoms with Crippen LogP contribution in [0.25, 0.3) is 0 Å². The molecule has 0 bridgehead atoms. The molecule has 0 aliphatic heterocycles. The van der Waals surface area contributed by atoms with Crippen LogP contribution in [-0.2, 0) is 10.2 Å². The monoisotopic (exact) mass is 358 g/mol. The molecule has 0 amide bonds. The Morgan fingerprint density at radius 3 is 1.50 bits per heavy atom. The highest BCUT2D eigenvalue weighted by atomic mass is 32.1. The van der Waals surface area contributed by atoms with Gasteiger partial charge in [0.05, 0.1) is 12.0 Å². The Morgan fingerprint density at radius 2 is 1.15 bits per heavy atom. The van der Waals surface area contributed by atoms with E-state index in [1.54, 1.807) is 0 Å². The van der Waals surface area contributed by atoms with Crippen LogP contribution in [0.3, 0.4) is 0 Å². The summed E-state index contributed by atoms with van der Waals surface area (Å²) in [7, 11) is 0. The number of thiocarbonyl (C=S) groups is 1. The summed E-state index contributed by atoms with van der Waals surface area (Å²) in [4.78, 5) is 0. The zero-order valence-corrected chi connectivity index (χ0v) is 15.7. The van der Waals surface area contributed by atoms with Crippen LogP contribution in [0, 0.1) is 0 Å². The van der Waals surface area contributed by atoms with Crippen molar-refractivity contribution in [1.29, 1.82) is 0 Å². The van der Waals surface area contributed by atoms with Crippen LogP contribution in [0.15, 0.2) is 103 Å². The SMILES string of the molecule is CCOC(=S)/C=C\C(c1ccccc1)(c1ccccc1)c1ccccc1. The second-order valence-corrected chi connectivity index (χ2v) is 6.39. The quantitative estimate of drug-likeness (QED) is 0.306. The Hall–Kier alpha value is -2.71. The third kappa shape index (κ3) is 3.76. The molecule has 3 aromatic rings. The minimum atomic E-state index is -0.440. The molecule has 0 aliphatic rings. The molecule has 0 N–H and O–H groups in total. The molecule has 3 rings (SSSR count). The van der Waals surface area contributed by atoms with Gasteiger partial charge in [0.15, 0.2) is 5.05 Å². The molecule has 0 unspecified atom stereocenters. The molecule has 0 saturated heterocycles. The van der Waals surface area contributed by atoms with E-state index in [0.717, 1.165) is 0 Å². The zero-order valence-electron chi connectivity index (χ0n) is 14.8. The fourth-order valence-corrected chi connectivity index (χ4v) is 3.46. The van der Waals surface area contributed by atoms with E-state index < -0.39 is 5.41 Å². The van der Waals surface area contributed by atoms with Gasteiger partial charge in [-0.25, -0.2) is 0 Å². The minimum absolute atomic E-state index is 0.440. The van der Waals surface area contributed by atoms with Crippen molar-refractivity contribution in [2.45, 2.75) is 12.3 Å². The minimum Gasteiger partial charge on any atom is -0.484 e. The first-order valence-electron chi connectivity index (χ1n) is 8.80. The van der Waals surface area contributed by atoms with E-state index in [4.69, 9.17) is 17.0 Å². The summed E-state index contributed by atoms with van der Waals surface area (Å²) in [5.41, 5.74) is 3.12. The second-order valence-electron chi connectivity index (χ2n) is 5.99. The normalized spacial score (nSPS) is 11.4. The predicted octanol–water partition coefficient (Wildman–Crippen LogP) is 5.94. The predicted molar refractivity (Wildman–Crippen MR) is 113 cm³/mol. The van der Waals surface area contributed by atoms with Gasteiger partial charge in [0, 0.05) is 0 Å². The molecule has 0 spiro atoms. The highest BCUT2D eigenvalue weighted by molar-refractivity contribution is 7.80. The van der Waals surface area contributed by atoms with Gasteiger partial charge in [-0.15, -0.1) is 0 Å². The lowest BCUT2D eigenvalue weighted by atomic mass is 9.69. The molecule has 0 fully saturated rings. The number of hydrogen-bond donors (Lipinski definition) is 0. The van der Waals surface area contributed by atoms with Crippen molar-refractivity contribution in [1.82, 2.24) is 0 Å². The summed E-state index contributed by atoms with van der Waals surface area (Å²) in [5.74, 6) is 0. The van der Waals surface area contributed by atoms with Crippen molar-refractivity contribution in [3.8, 4) is 0 Å². The van der Waals surface area contributed by atoms with E-state index in [-0.39, 0.29) is 0 Å². The fourth-order valence-electron chi connectivity index (χ4n) is 3.28. The topological polar surface area (TPSA) is 9.23 Å². The van der Waals surface area contributed by atoms with Crippen molar-refractivity contribution in [2.75, 3.05) is 6.61 Å². The van der Waals surface area contributed by atoms with E-state index in [1.807, 2.05) is 31.2 Å². The van der Waals surface area contributed by atoms with Crippen LogP contribution in [0.2, 0.25) is 0 Å². The maximum absolute atomic E-state index is 5.49. The van der Waals surface area contributed by atoms with Gasteiger partial charge >= 0.3 is 0 Å². The first-order chi connectivity index (χ1) is 12.8. The number of benzene rings is 3. The van der Waals surface area contributed by atoms with Crippen molar-refractivity contribution in [3.63, 3.8) is 0 Å². The molecule has 0 saturated carbocycles. The highest BCUT2D eigenvalue weighted by Crippen LogP contribution is 2.40. The van der Waals surface area contributed by atoms with Crippen LogP contribution in [0.5, 0.6) is 0 Å². The summed E-state index contributed by atoms with van der Waals surface area (Å²) in [5, 5.41) is 0.500. The Kier molecular flexibility index (Phi) is 5.98. The Balaban J connectivity index is 2.26. The van der Waals surface area contributed by atoms with Gasteiger partial charge in [-0.2, -0.15) is 0 Å². The fraction of sp³-hybridized carbons (Fsp3) is 0.125. The second kappa shape index (κ2) is 8.59. The molecule has 130 valence electrons. The van der Waals surface area contributed by atoms with Crippen molar-refractivity contribution in [3.05, 3.63) is 120 Å². The van der Waals surface area contributed by atoms with Crippen LogP contribution in [-0.4, -0.2) is 11.7 Å². The molecule has 3 aromatic carbocycles. The van der Waals surface area contributed by atoms with Crippen molar-refractivity contribution >= 4 is 17.3 Å². The number of hydrogen-bond acceptors (Lipinski definition) is 2. The van der Waals surface area contributed by atoms with Crippen molar-refractivity contribution in [2.24, 2.45) is 0 Å². The van der Waals surface area contributed by atoms with Gasteiger partial charge in [-0.1, -0.05) is 97.1 Å². The first-order valence-corrected chi connectivity index (χ1v) is 9.21. The molecule has 26 heavy (non-hydrogen) atoms. The van der Waals surface area contributed by atoms with E-state index in [2.05, 4.69) is 78.9 Å². The van der Waals surface area contributed by atoms with Gasteiger partial charge in [-0.3, -0.25) is 0 Å². The lowest BCUT2D eigenvalue weighted by Gasteiger charge is -2.33. The summed E-state index contributed by atoms with van der Waals surface area (Å²) >= 11 is 5.36. The summed E-state index contributed by atoms with van der Waals surface area (Å²) in [6.07, 6.45) is 4.07. The largest absolute Gasteiger partial charge is 0.484 e. The van der Waals surface area contributed by atoms with Gasteiger partial charge in [0.25, 0.3) is 0 Å². The summed E-state index contributed by atoms with van der Waals surface area (Å²) in [6.45, 7) is 2.51. The molecule has 0 heterocycles. The summed E-state index contributed by atoms with van der Waals surface area (Å²) < 4.78 is 5.49. The van der Waals surface area contributed by atoms with Gasteiger partial charge in [-0.05, 0) is 41.9 Å². The lowest BCUT2D eigenvalue weighted by Crippen LogP contribution is -2.27. The maximum Gasteiger partial charge on any atom is 0.183 e. The number of rotatable bonds is 6. The Labute approximate surface area is 161 Å². The van der Waals surface area contributed by atoms with Crippen LogP contribution >= 0.6 is 12.2 Å². The molecule has 0 radical (unpaired) electrons. The summed E-state index contributed by atoms with van der Waals surface area (Å²) in [6, 6.07) is 31.5.